The number of rotatable bonds is 7. The molecule has 0 spiro atoms. The predicted octanol–water partition coefficient (Wildman–Crippen LogP) is 6.05. The van der Waals surface area contributed by atoms with Gasteiger partial charge < -0.3 is 29.6 Å². The molecule has 1 aliphatic heterocycles. The quantitative estimate of drug-likeness (QED) is 0.269. The molecular weight excluding hydrogens is 522 g/mol. The summed E-state index contributed by atoms with van der Waals surface area (Å²) in [4.78, 5) is 19.4. The van der Waals surface area contributed by atoms with Gasteiger partial charge in [0.15, 0.2) is 5.11 Å². The number of aromatic nitrogens is 2. The summed E-state index contributed by atoms with van der Waals surface area (Å²) in [6, 6.07) is 23.2. The highest BCUT2D eigenvalue weighted by Gasteiger charge is 2.42. The minimum Gasteiger partial charge on any atom is -0.497 e. The Bertz CT molecular complexity index is 1530. The molecule has 8 nitrogen and oxygen atoms in total. The van der Waals surface area contributed by atoms with Crippen LogP contribution in [-0.2, 0) is 4.79 Å². The summed E-state index contributed by atoms with van der Waals surface area (Å²) in [5.74, 6) is 1.22. The Morgan fingerprint density at radius 3 is 2.50 bits per heavy atom. The zero-order chi connectivity index (χ0) is 28.4. The van der Waals surface area contributed by atoms with Crippen LogP contribution in [0.25, 0.3) is 5.69 Å². The van der Waals surface area contributed by atoms with Crippen molar-refractivity contribution in [3.8, 4) is 17.2 Å². The van der Waals surface area contributed by atoms with Crippen molar-refractivity contribution in [1.29, 1.82) is 0 Å². The van der Waals surface area contributed by atoms with Crippen LogP contribution in [0.4, 0.5) is 11.4 Å². The van der Waals surface area contributed by atoms with Crippen LogP contribution in [0.5, 0.6) is 11.5 Å². The van der Waals surface area contributed by atoms with E-state index in [9.17, 15) is 4.79 Å². The van der Waals surface area contributed by atoms with Crippen LogP contribution in [0.2, 0.25) is 0 Å². The first-order chi connectivity index (χ1) is 19.2. The minimum atomic E-state index is -0.545. The lowest BCUT2D eigenvalue weighted by Gasteiger charge is -2.29. The molecule has 1 fully saturated rings. The molecule has 2 aromatic carbocycles. The number of nitrogens with zero attached hydrogens (tertiary/aromatic N) is 3. The van der Waals surface area contributed by atoms with Crippen molar-refractivity contribution in [3.63, 3.8) is 0 Å². The number of hydrogen-bond acceptors (Lipinski definition) is 5. The van der Waals surface area contributed by atoms with Crippen molar-refractivity contribution in [3.05, 3.63) is 96.6 Å². The Morgan fingerprint density at radius 1 is 0.975 bits per heavy atom. The number of carbonyl (C=O) groups excluding carboxylic acids is 1. The first-order valence-electron chi connectivity index (χ1n) is 13.0. The fraction of sp³-hybridized carbons (Fsp3) is 0.258. The van der Waals surface area contributed by atoms with Gasteiger partial charge in [0.25, 0.3) is 0 Å². The predicted molar refractivity (Wildman–Crippen MR) is 161 cm³/mol. The second kappa shape index (κ2) is 11.0. The highest BCUT2D eigenvalue weighted by molar-refractivity contribution is 7.80. The Labute approximate surface area is 239 Å². The van der Waals surface area contributed by atoms with E-state index in [1.165, 1.54) is 0 Å². The van der Waals surface area contributed by atoms with Crippen molar-refractivity contribution < 1.29 is 14.3 Å². The zero-order valence-corrected chi connectivity index (χ0v) is 24.0. The number of thiocarbonyl (C=S) groups is 1. The lowest BCUT2D eigenvalue weighted by atomic mass is 9.95. The smallest absolute Gasteiger partial charge is 0.229 e. The van der Waals surface area contributed by atoms with Gasteiger partial charge in [-0.2, -0.15) is 0 Å². The summed E-state index contributed by atoms with van der Waals surface area (Å²) in [5, 5.41) is 7.06. The highest BCUT2D eigenvalue weighted by Crippen LogP contribution is 2.44. The average Bonchev–Trinajstić information content (AvgIpc) is 3.57. The largest absolute Gasteiger partial charge is 0.497 e. The number of carbonyl (C=O) groups is 1. The SMILES string of the molecule is COc1cccc(-n2cccc2[C@H]2[C@H](c3ccccn3)NC(=S)N2c2ccc(NC(=O)C(C)(C)C)c(OC)c2)c1. The number of hydrogen-bond donors (Lipinski definition) is 2. The third-order valence-electron chi connectivity index (χ3n) is 6.91. The van der Waals surface area contributed by atoms with E-state index in [-0.39, 0.29) is 18.0 Å². The van der Waals surface area contributed by atoms with E-state index < -0.39 is 5.41 Å². The second-order valence-corrected chi connectivity index (χ2v) is 11.0. The van der Waals surface area contributed by atoms with E-state index in [0.29, 0.717) is 16.5 Å². The maximum Gasteiger partial charge on any atom is 0.229 e. The van der Waals surface area contributed by atoms with Crippen LogP contribution in [0, 0.1) is 5.41 Å². The fourth-order valence-electron chi connectivity index (χ4n) is 4.81. The summed E-state index contributed by atoms with van der Waals surface area (Å²) in [7, 11) is 3.25. The Kier molecular flexibility index (Phi) is 7.49. The molecule has 0 bridgehead atoms. The number of ether oxygens (including phenoxy) is 2. The molecule has 0 aliphatic carbocycles. The Balaban J connectivity index is 1.61. The van der Waals surface area contributed by atoms with Crippen molar-refractivity contribution >= 4 is 34.6 Å². The van der Waals surface area contributed by atoms with Gasteiger partial charge in [0, 0.05) is 47.0 Å². The molecule has 2 aromatic heterocycles. The normalized spacial score (nSPS) is 16.9. The maximum absolute atomic E-state index is 12.7. The van der Waals surface area contributed by atoms with Gasteiger partial charge in [0.1, 0.15) is 17.5 Å². The monoisotopic (exact) mass is 555 g/mol. The lowest BCUT2D eigenvalue weighted by molar-refractivity contribution is -0.123. The summed E-state index contributed by atoms with van der Waals surface area (Å²) >= 11 is 5.93. The van der Waals surface area contributed by atoms with E-state index in [0.717, 1.165) is 28.5 Å². The summed E-state index contributed by atoms with van der Waals surface area (Å²) in [6.45, 7) is 5.62. The molecular formula is C31H33N5O3S. The van der Waals surface area contributed by atoms with Crippen molar-refractivity contribution in [2.24, 2.45) is 5.41 Å². The van der Waals surface area contributed by atoms with Gasteiger partial charge >= 0.3 is 0 Å². The van der Waals surface area contributed by atoms with E-state index in [2.05, 4.69) is 31.2 Å². The van der Waals surface area contributed by atoms with Crippen LogP contribution in [0.3, 0.4) is 0 Å². The van der Waals surface area contributed by atoms with Gasteiger partial charge in [0.05, 0.1) is 31.6 Å². The molecule has 1 saturated heterocycles. The topological polar surface area (TPSA) is 80.7 Å². The summed E-state index contributed by atoms with van der Waals surface area (Å²) in [6.07, 6.45) is 3.82. The maximum atomic E-state index is 12.7. The first-order valence-corrected chi connectivity index (χ1v) is 13.4. The van der Waals surface area contributed by atoms with E-state index in [4.69, 9.17) is 21.7 Å². The minimum absolute atomic E-state index is 0.0962. The molecule has 40 heavy (non-hydrogen) atoms. The van der Waals surface area contributed by atoms with Gasteiger partial charge in [-0.05, 0) is 60.7 Å². The molecule has 9 heteroatoms. The Morgan fingerprint density at radius 2 is 1.80 bits per heavy atom. The van der Waals surface area contributed by atoms with Gasteiger partial charge in [-0.25, -0.2) is 0 Å². The van der Waals surface area contributed by atoms with Gasteiger partial charge in [0.2, 0.25) is 5.91 Å². The number of pyridine rings is 1. The molecule has 0 saturated carbocycles. The standard InChI is InChI=1S/C31H33N5O3S/c1-31(2,3)29(37)33-23-15-14-21(19-26(23)39-5)36-28(27(34-30(36)40)24-12-6-7-16-32-24)25-13-9-17-35(25)20-10-8-11-22(18-20)38-4/h6-19,27-28H,1-5H3,(H,33,37)(H,34,40)/t27-,28-/m0/s1. The number of benzene rings is 2. The van der Waals surface area contributed by atoms with E-state index >= 15 is 0 Å². The molecule has 5 rings (SSSR count). The summed E-state index contributed by atoms with van der Waals surface area (Å²) in [5.41, 5.74) is 3.73. The highest BCUT2D eigenvalue weighted by atomic mass is 32.1. The van der Waals surface area contributed by atoms with Crippen LogP contribution in [-0.4, -0.2) is 34.8 Å². The first kappa shape index (κ1) is 27.2. The molecule has 0 unspecified atom stereocenters. The number of methoxy groups -OCH3 is 2. The molecule has 1 aliphatic rings. The third kappa shape index (κ3) is 5.24. The van der Waals surface area contributed by atoms with Gasteiger partial charge in [-0.15, -0.1) is 0 Å². The van der Waals surface area contributed by atoms with Crippen LogP contribution < -0.4 is 25.0 Å². The molecule has 2 atom stereocenters. The number of amides is 1. The molecule has 3 heterocycles. The van der Waals surface area contributed by atoms with Crippen LogP contribution >= 0.6 is 12.2 Å². The lowest BCUT2D eigenvalue weighted by Crippen LogP contribution is -2.30. The van der Waals surface area contributed by atoms with Crippen molar-refractivity contribution in [2.75, 3.05) is 24.4 Å². The Hall–Kier alpha value is -4.37. The van der Waals surface area contributed by atoms with Crippen molar-refractivity contribution in [2.45, 2.75) is 32.9 Å². The number of anilines is 2. The second-order valence-electron chi connectivity index (χ2n) is 10.6. The van der Waals surface area contributed by atoms with Gasteiger partial charge in [-0.3, -0.25) is 9.78 Å². The van der Waals surface area contributed by atoms with Crippen LogP contribution in [0.1, 0.15) is 44.2 Å². The summed E-state index contributed by atoms with van der Waals surface area (Å²) < 4.78 is 13.3. The van der Waals surface area contributed by atoms with E-state index in [1.807, 2.05) is 93.7 Å². The fourth-order valence-corrected chi connectivity index (χ4v) is 5.15. The van der Waals surface area contributed by atoms with Gasteiger partial charge in [-0.1, -0.05) is 32.9 Å². The molecule has 4 aromatic rings. The molecule has 1 amide bonds. The molecule has 206 valence electrons. The third-order valence-corrected chi connectivity index (χ3v) is 7.22. The van der Waals surface area contributed by atoms with E-state index in [1.54, 1.807) is 20.4 Å². The zero-order valence-electron chi connectivity index (χ0n) is 23.2. The molecule has 0 radical (unpaired) electrons. The van der Waals surface area contributed by atoms with Crippen LogP contribution in [0.15, 0.2) is 85.2 Å². The number of nitrogens with one attached hydrogen (secondary N) is 2. The average molecular weight is 556 g/mol. The molecule has 2 N–H and O–H groups in total. The van der Waals surface area contributed by atoms with Crippen molar-refractivity contribution in [1.82, 2.24) is 14.9 Å².